The highest BCUT2D eigenvalue weighted by Gasteiger charge is 2.14. The van der Waals surface area contributed by atoms with E-state index in [9.17, 15) is 4.79 Å². The average Bonchev–Trinajstić information content (AvgIpc) is 2.72. The van der Waals surface area contributed by atoms with Crippen LogP contribution in [0.15, 0.2) is 47.6 Å². The summed E-state index contributed by atoms with van der Waals surface area (Å²) >= 11 is 0. The topological polar surface area (TPSA) is 78.4 Å². The molecule has 7 heteroatoms. The summed E-state index contributed by atoms with van der Waals surface area (Å²) in [6, 6.07) is 12.5. The van der Waals surface area contributed by atoms with Crippen LogP contribution in [0.5, 0.6) is 23.0 Å². The molecule has 150 valence electrons. The molecule has 2 rings (SSSR count). The van der Waals surface area contributed by atoms with Gasteiger partial charge in [0.1, 0.15) is 11.5 Å². The summed E-state index contributed by atoms with van der Waals surface area (Å²) in [5.41, 5.74) is 3.23. The van der Waals surface area contributed by atoms with Gasteiger partial charge in [0, 0.05) is 6.07 Å². The van der Waals surface area contributed by atoms with Gasteiger partial charge in [0.2, 0.25) is 0 Å². The van der Waals surface area contributed by atoms with Crippen molar-refractivity contribution < 1.29 is 23.7 Å². The van der Waals surface area contributed by atoms with Crippen LogP contribution in [0, 0.1) is 0 Å². The van der Waals surface area contributed by atoms with E-state index in [-0.39, 0.29) is 5.91 Å². The van der Waals surface area contributed by atoms with Crippen LogP contribution in [-0.4, -0.2) is 39.1 Å². The quantitative estimate of drug-likeness (QED) is 0.500. The van der Waals surface area contributed by atoms with E-state index in [1.165, 1.54) is 6.21 Å². The molecule has 0 spiro atoms. The molecular formula is C21H26N2O5. The summed E-state index contributed by atoms with van der Waals surface area (Å²) in [5, 5.41) is 3.98. The predicted molar refractivity (Wildman–Crippen MR) is 108 cm³/mol. The Balaban J connectivity index is 1.92. The Kier molecular flexibility index (Phi) is 8.14. The maximum absolute atomic E-state index is 12.2. The molecule has 0 fully saturated rings. The van der Waals surface area contributed by atoms with Crippen molar-refractivity contribution in [1.29, 1.82) is 0 Å². The van der Waals surface area contributed by atoms with E-state index in [0.717, 1.165) is 12.0 Å². The monoisotopic (exact) mass is 386 g/mol. The Bertz CT molecular complexity index is 807. The standard InChI is InChI=1S/C21H26N2O5/c1-5-11-27-19-10-9-16(12-20(19)26-4)14-22-23-21(24)15(2)28-18-8-6-7-17(13-18)25-3/h6-10,12-15H,5,11H2,1-4H3,(H,23,24)/b22-14+. The first kappa shape index (κ1) is 21.1. The van der Waals surface area contributed by atoms with Crippen LogP contribution < -0.4 is 24.4 Å². The summed E-state index contributed by atoms with van der Waals surface area (Å²) in [6.07, 6.45) is 1.72. The van der Waals surface area contributed by atoms with E-state index in [1.54, 1.807) is 51.5 Å². The smallest absolute Gasteiger partial charge is 0.280 e. The molecule has 0 aliphatic heterocycles. The van der Waals surface area contributed by atoms with Crippen LogP contribution in [0.1, 0.15) is 25.8 Å². The molecule has 0 aromatic heterocycles. The summed E-state index contributed by atoms with van der Waals surface area (Å²) in [5.74, 6) is 2.11. The third-order valence-corrected chi connectivity index (χ3v) is 3.76. The summed E-state index contributed by atoms with van der Waals surface area (Å²) < 4.78 is 21.7. The average molecular weight is 386 g/mol. The van der Waals surface area contributed by atoms with Crippen LogP contribution in [0.2, 0.25) is 0 Å². The minimum atomic E-state index is -0.719. The first-order chi connectivity index (χ1) is 13.6. The number of nitrogens with zero attached hydrogens (tertiary/aromatic N) is 1. The number of carbonyl (C=O) groups is 1. The van der Waals surface area contributed by atoms with Crippen LogP contribution in [0.3, 0.4) is 0 Å². The molecular weight excluding hydrogens is 360 g/mol. The lowest BCUT2D eigenvalue weighted by atomic mass is 10.2. The van der Waals surface area contributed by atoms with E-state index >= 15 is 0 Å². The number of carbonyl (C=O) groups excluding carboxylic acids is 1. The zero-order chi connectivity index (χ0) is 20.4. The van der Waals surface area contributed by atoms with E-state index < -0.39 is 6.10 Å². The Morgan fingerprint density at radius 1 is 1.11 bits per heavy atom. The predicted octanol–water partition coefficient (Wildman–Crippen LogP) is 3.41. The molecule has 7 nitrogen and oxygen atoms in total. The van der Waals surface area contributed by atoms with Gasteiger partial charge in [0.25, 0.3) is 5.91 Å². The van der Waals surface area contributed by atoms with Gasteiger partial charge in [0.15, 0.2) is 17.6 Å². The van der Waals surface area contributed by atoms with Gasteiger partial charge in [-0.1, -0.05) is 13.0 Å². The van der Waals surface area contributed by atoms with Crippen molar-refractivity contribution in [3.63, 3.8) is 0 Å². The number of amides is 1. The lowest BCUT2D eigenvalue weighted by Gasteiger charge is -2.13. The van der Waals surface area contributed by atoms with Gasteiger partial charge < -0.3 is 18.9 Å². The number of nitrogens with one attached hydrogen (secondary N) is 1. The highest BCUT2D eigenvalue weighted by molar-refractivity contribution is 5.84. The molecule has 0 aliphatic rings. The minimum absolute atomic E-state index is 0.367. The Morgan fingerprint density at radius 2 is 1.89 bits per heavy atom. The highest BCUT2D eigenvalue weighted by Crippen LogP contribution is 2.27. The largest absolute Gasteiger partial charge is 0.497 e. The minimum Gasteiger partial charge on any atom is -0.497 e. The van der Waals surface area contributed by atoms with Gasteiger partial charge in [-0.3, -0.25) is 4.79 Å². The third-order valence-electron chi connectivity index (χ3n) is 3.76. The fourth-order valence-corrected chi connectivity index (χ4v) is 2.29. The van der Waals surface area contributed by atoms with Crippen LogP contribution in [0.25, 0.3) is 0 Å². The number of ether oxygens (including phenoxy) is 4. The van der Waals surface area contributed by atoms with Crippen LogP contribution in [0.4, 0.5) is 0 Å². The molecule has 0 bridgehead atoms. The Morgan fingerprint density at radius 3 is 2.61 bits per heavy atom. The zero-order valence-corrected chi connectivity index (χ0v) is 16.6. The fraction of sp³-hybridized carbons (Fsp3) is 0.333. The van der Waals surface area contributed by atoms with Crippen molar-refractivity contribution in [2.75, 3.05) is 20.8 Å². The number of rotatable bonds is 10. The third kappa shape index (κ3) is 6.19. The molecule has 0 aliphatic carbocycles. The van der Waals surface area contributed by atoms with Gasteiger partial charge in [-0.25, -0.2) is 5.43 Å². The van der Waals surface area contributed by atoms with E-state index in [0.29, 0.717) is 29.6 Å². The second kappa shape index (κ2) is 10.8. The number of hydrogen-bond acceptors (Lipinski definition) is 6. The van der Waals surface area contributed by atoms with Gasteiger partial charge in [-0.05, 0) is 49.2 Å². The van der Waals surface area contributed by atoms with E-state index in [1.807, 2.05) is 19.1 Å². The molecule has 1 N–H and O–H groups in total. The molecule has 0 radical (unpaired) electrons. The SMILES string of the molecule is CCCOc1ccc(/C=N/NC(=O)C(C)Oc2cccc(OC)c2)cc1OC. The zero-order valence-electron chi connectivity index (χ0n) is 16.6. The van der Waals surface area contributed by atoms with E-state index in [4.69, 9.17) is 18.9 Å². The Hall–Kier alpha value is -3.22. The molecule has 1 amide bonds. The molecule has 0 heterocycles. The molecule has 0 saturated heterocycles. The van der Waals surface area contributed by atoms with Crippen molar-refractivity contribution in [2.45, 2.75) is 26.4 Å². The van der Waals surface area contributed by atoms with Crippen LogP contribution in [-0.2, 0) is 4.79 Å². The molecule has 1 atom stereocenters. The summed E-state index contributed by atoms with van der Waals surface area (Å²) in [7, 11) is 3.15. The molecule has 28 heavy (non-hydrogen) atoms. The number of methoxy groups -OCH3 is 2. The van der Waals surface area contributed by atoms with Crippen LogP contribution >= 0.6 is 0 Å². The van der Waals surface area contributed by atoms with Gasteiger partial charge in [-0.2, -0.15) is 5.10 Å². The second-order valence-electron chi connectivity index (χ2n) is 5.93. The highest BCUT2D eigenvalue weighted by atomic mass is 16.5. The number of hydrazone groups is 1. The van der Waals surface area contributed by atoms with Crippen molar-refractivity contribution in [2.24, 2.45) is 5.10 Å². The van der Waals surface area contributed by atoms with Gasteiger partial charge in [-0.15, -0.1) is 0 Å². The Labute approximate surface area is 165 Å². The molecule has 2 aromatic rings. The first-order valence-electron chi connectivity index (χ1n) is 9.01. The summed E-state index contributed by atoms with van der Waals surface area (Å²) in [6.45, 7) is 4.30. The number of hydrogen-bond donors (Lipinski definition) is 1. The fourth-order valence-electron chi connectivity index (χ4n) is 2.29. The van der Waals surface area contributed by atoms with Gasteiger partial charge >= 0.3 is 0 Å². The van der Waals surface area contributed by atoms with Gasteiger partial charge in [0.05, 0.1) is 27.0 Å². The first-order valence-corrected chi connectivity index (χ1v) is 9.01. The molecule has 1 unspecified atom stereocenters. The number of benzene rings is 2. The molecule has 2 aromatic carbocycles. The maximum Gasteiger partial charge on any atom is 0.280 e. The van der Waals surface area contributed by atoms with Crippen molar-refractivity contribution in [3.05, 3.63) is 48.0 Å². The maximum atomic E-state index is 12.2. The van der Waals surface area contributed by atoms with E-state index in [2.05, 4.69) is 10.5 Å². The lowest BCUT2D eigenvalue weighted by molar-refractivity contribution is -0.127. The normalized spacial score (nSPS) is 11.7. The van der Waals surface area contributed by atoms with Crippen molar-refractivity contribution >= 4 is 12.1 Å². The van der Waals surface area contributed by atoms with Crippen molar-refractivity contribution in [3.8, 4) is 23.0 Å². The second-order valence-corrected chi connectivity index (χ2v) is 5.93. The molecule has 0 saturated carbocycles. The summed E-state index contributed by atoms with van der Waals surface area (Å²) in [4.78, 5) is 12.2. The van der Waals surface area contributed by atoms with Crippen molar-refractivity contribution in [1.82, 2.24) is 5.43 Å². The lowest BCUT2D eigenvalue weighted by Crippen LogP contribution is -2.33.